The average Bonchev–Trinajstić information content (AvgIpc) is 2.65. The van der Waals surface area contributed by atoms with Crippen molar-refractivity contribution in [2.75, 3.05) is 11.9 Å². The van der Waals surface area contributed by atoms with Crippen LogP contribution in [0.3, 0.4) is 0 Å². The molecule has 1 aromatic heterocycles. The zero-order valence-corrected chi connectivity index (χ0v) is 13.7. The summed E-state index contributed by atoms with van der Waals surface area (Å²) in [6, 6.07) is 13.9. The van der Waals surface area contributed by atoms with Crippen molar-refractivity contribution in [1.29, 1.82) is 0 Å². The van der Waals surface area contributed by atoms with E-state index in [0.29, 0.717) is 12.0 Å². The van der Waals surface area contributed by atoms with Crippen LogP contribution < -0.4 is 10.6 Å². The van der Waals surface area contributed by atoms with E-state index in [1.165, 1.54) is 24.4 Å². The lowest BCUT2D eigenvalue weighted by atomic mass is 10.1. The first kappa shape index (κ1) is 17.5. The maximum atomic E-state index is 13.7. The molecule has 1 amide bonds. The number of nitrogens with zero attached hydrogens (tertiary/aromatic N) is 2. The Morgan fingerprint density at radius 1 is 0.962 bits per heavy atom. The molecular weight excluding hydrogens is 338 g/mol. The first-order valence-electron chi connectivity index (χ1n) is 7.99. The molecule has 3 aromatic rings. The molecule has 7 heteroatoms. The summed E-state index contributed by atoms with van der Waals surface area (Å²) in [5.41, 5.74) is 0.870. The van der Waals surface area contributed by atoms with Gasteiger partial charge < -0.3 is 10.6 Å². The number of rotatable bonds is 6. The fourth-order valence-corrected chi connectivity index (χ4v) is 2.33. The molecule has 0 aliphatic carbocycles. The lowest BCUT2D eigenvalue weighted by Crippen LogP contribution is -2.27. The average molecular weight is 354 g/mol. The molecule has 132 valence electrons. The molecule has 3 rings (SSSR count). The Hall–Kier alpha value is -3.35. The van der Waals surface area contributed by atoms with E-state index in [1.807, 2.05) is 0 Å². The maximum absolute atomic E-state index is 13.7. The van der Waals surface area contributed by atoms with Crippen molar-refractivity contribution in [3.05, 3.63) is 83.7 Å². The number of halogens is 2. The van der Waals surface area contributed by atoms with E-state index in [-0.39, 0.29) is 29.7 Å². The van der Waals surface area contributed by atoms with E-state index in [4.69, 9.17) is 0 Å². The minimum Gasteiger partial charge on any atom is -0.350 e. The highest BCUT2D eigenvalue weighted by Gasteiger charge is 2.10. The first-order chi connectivity index (χ1) is 12.6. The van der Waals surface area contributed by atoms with E-state index in [9.17, 15) is 13.6 Å². The van der Waals surface area contributed by atoms with Gasteiger partial charge in [-0.2, -0.15) is 0 Å². The van der Waals surface area contributed by atoms with Crippen molar-refractivity contribution < 1.29 is 13.6 Å². The number of anilines is 2. The van der Waals surface area contributed by atoms with Gasteiger partial charge in [0.05, 0.1) is 5.69 Å². The fourth-order valence-electron chi connectivity index (χ4n) is 2.33. The Kier molecular flexibility index (Phi) is 5.48. The van der Waals surface area contributed by atoms with Gasteiger partial charge in [-0.3, -0.25) is 4.79 Å². The van der Waals surface area contributed by atoms with E-state index < -0.39 is 11.7 Å². The molecule has 2 N–H and O–H groups in total. The van der Waals surface area contributed by atoms with Crippen molar-refractivity contribution in [3.8, 4) is 0 Å². The molecule has 2 aromatic carbocycles. The van der Waals surface area contributed by atoms with Crippen molar-refractivity contribution >= 4 is 17.5 Å². The number of carbonyl (C=O) groups excluding carboxylic acids is 1. The Morgan fingerprint density at radius 2 is 1.69 bits per heavy atom. The van der Waals surface area contributed by atoms with Gasteiger partial charge in [-0.1, -0.05) is 30.3 Å². The van der Waals surface area contributed by atoms with Crippen LogP contribution in [0.2, 0.25) is 0 Å². The lowest BCUT2D eigenvalue weighted by molar-refractivity contribution is 0.0949. The Labute approximate surface area is 149 Å². The predicted molar refractivity (Wildman–Crippen MR) is 94.2 cm³/mol. The summed E-state index contributed by atoms with van der Waals surface area (Å²) in [4.78, 5) is 20.3. The van der Waals surface area contributed by atoms with E-state index >= 15 is 0 Å². The Bertz CT molecular complexity index is 917. The third-order valence-corrected chi connectivity index (χ3v) is 3.65. The van der Waals surface area contributed by atoms with Crippen LogP contribution in [0, 0.1) is 11.6 Å². The SMILES string of the molecule is O=C(NCCc1ccccc1F)c1ccnc(Nc2ccccc2F)n1. The normalized spacial score (nSPS) is 10.4. The molecule has 0 saturated carbocycles. The van der Waals surface area contributed by atoms with Gasteiger partial charge >= 0.3 is 0 Å². The molecule has 0 atom stereocenters. The standard InChI is InChI=1S/C19H16F2N4O/c20-14-6-2-1-5-13(14)9-11-22-18(26)17-10-12-23-19(25-17)24-16-8-4-3-7-15(16)21/h1-8,10,12H,9,11H2,(H,22,26)(H,23,24,25). The minimum atomic E-state index is -0.448. The number of amides is 1. The molecule has 0 bridgehead atoms. The van der Waals surface area contributed by atoms with Crippen molar-refractivity contribution in [3.63, 3.8) is 0 Å². The number of aromatic nitrogens is 2. The second kappa shape index (κ2) is 8.15. The molecule has 26 heavy (non-hydrogen) atoms. The van der Waals surface area contributed by atoms with Crippen LogP contribution in [0.1, 0.15) is 16.1 Å². The number of hydrogen-bond donors (Lipinski definition) is 2. The summed E-state index contributed by atoms with van der Waals surface area (Å²) in [6.45, 7) is 0.264. The predicted octanol–water partition coefficient (Wildman–Crippen LogP) is 3.47. The van der Waals surface area contributed by atoms with Gasteiger partial charge in [0.15, 0.2) is 0 Å². The van der Waals surface area contributed by atoms with Crippen LogP contribution in [-0.2, 0) is 6.42 Å². The lowest BCUT2D eigenvalue weighted by Gasteiger charge is -2.08. The quantitative estimate of drug-likeness (QED) is 0.711. The molecule has 1 heterocycles. The van der Waals surface area contributed by atoms with Gasteiger partial charge in [-0.15, -0.1) is 0 Å². The molecule has 0 fully saturated rings. The summed E-state index contributed by atoms with van der Waals surface area (Å²) in [5.74, 6) is -1.06. The van der Waals surface area contributed by atoms with E-state index in [1.54, 1.807) is 36.4 Å². The molecule has 0 saturated heterocycles. The molecular formula is C19H16F2N4O. The summed E-state index contributed by atoms with van der Waals surface area (Å²) in [5, 5.41) is 5.41. The molecule has 0 radical (unpaired) electrons. The van der Waals surface area contributed by atoms with Gasteiger partial charge in [-0.05, 0) is 36.2 Å². The fraction of sp³-hybridized carbons (Fsp3) is 0.105. The number of benzene rings is 2. The second-order valence-corrected chi connectivity index (χ2v) is 5.47. The van der Waals surface area contributed by atoms with Gasteiger partial charge in [0.2, 0.25) is 5.95 Å². The summed E-state index contributed by atoms with van der Waals surface area (Å²) >= 11 is 0. The van der Waals surface area contributed by atoms with E-state index in [2.05, 4.69) is 20.6 Å². The third kappa shape index (κ3) is 4.38. The molecule has 5 nitrogen and oxygen atoms in total. The van der Waals surface area contributed by atoms with Crippen LogP contribution in [0.15, 0.2) is 60.8 Å². The molecule has 0 aliphatic rings. The highest BCUT2D eigenvalue weighted by Crippen LogP contribution is 2.16. The van der Waals surface area contributed by atoms with Gasteiger partial charge in [0, 0.05) is 12.7 Å². The molecule has 0 spiro atoms. The number of carbonyl (C=O) groups is 1. The van der Waals surface area contributed by atoms with Crippen LogP contribution in [0.5, 0.6) is 0 Å². The second-order valence-electron chi connectivity index (χ2n) is 5.47. The highest BCUT2D eigenvalue weighted by molar-refractivity contribution is 5.92. The number of hydrogen-bond acceptors (Lipinski definition) is 4. The summed E-state index contributed by atoms with van der Waals surface area (Å²) in [7, 11) is 0. The van der Waals surface area contributed by atoms with E-state index in [0.717, 1.165) is 0 Å². The molecule has 0 aliphatic heterocycles. The summed E-state index contributed by atoms with van der Waals surface area (Å²) in [6.07, 6.45) is 1.77. The smallest absolute Gasteiger partial charge is 0.270 e. The van der Waals surface area contributed by atoms with Crippen molar-refractivity contribution in [2.45, 2.75) is 6.42 Å². The van der Waals surface area contributed by atoms with Gasteiger partial charge in [0.1, 0.15) is 17.3 Å². The van der Waals surface area contributed by atoms with Crippen molar-refractivity contribution in [1.82, 2.24) is 15.3 Å². The van der Waals surface area contributed by atoms with Crippen LogP contribution >= 0.6 is 0 Å². The monoisotopic (exact) mass is 354 g/mol. The zero-order valence-electron chi connectivity index (χ0n) is 13.7. The Balaban J connectivity index is 1.61. The van der Waals surface area contributed by atoms with Crippen LogP contribution in [-0.4, -0.2) is 22.4 Å². The third-order valence-electron chi connectivity index (χ3n) is 3.65. The summed E-state index contributed by atoms with van der Waals surface area (Å²) < 4.78 is 27.2. The first-order valence-corrected chi connectivity index (χ1v) is 7.99. The largest absolute Gasteiger partial charge is 0.350 e. The van der Waals surface area contributed by atoms with Gasteiger partial charge in [-0.25, -0.2) is 18.7 Å². The Morgan fingerprint density at radius 3 is 2.46 bits per heavy atom. The topological polar surface area (TPSA) is 66.9 Å². The van der Waals surface area contributed by atoms with Crippen LogP contribution in [0.25, 0.3) is 0 Å². The number of para-hydroxylation sites is 1. The molecule has 0 unspecified atom stereocenters. The highest BCUT2D eigenvalue weighted by atomic mass is 19.1. The van der Waals surface area contributed by atoms with Crippen molar-refractivity contribution in [2.24, 2.45) is 0 Å². The zero-order chi connectivity index (χ0) is 18.4. The number of nitrogens with one attached hydrogen (secondary N) is 2. The minimum absolute atomic E-state index is 0.108. The maximum Gasteiger partial charge on any atom is 0.270 e. The van der Waals surface area contributed by atoms with Crippen LogP contribution in [0.4, 0.5) is 20.4 Å². The van der Waals surface area contributed by atoms with Gasteiger partial charge in [0.25, 0.3) is 5.91 Å².